The summed E-state index contributed by atoms with van der Waals surface area (Å²) in [5.41, 5.74) is 0.403. The summed E-state index contributed by atoms with van der Waals surface area (Å²) in [5, 5.41) is 0. The van der Waals surface area contributed by atoms with Crippen molar-refractivity contribution >= 4 is 21.7 Å². The molecular weight excluding hydrogens is 303 g/mol. The molecule has 0 unspecified atom stereocenters. The highest BCUT2D eigenvalue weighted by Crippen LogP contribution is 2.21. The smallest absolute Gasteiger partial charge is 0.243 e. The fourth-order valence-electron chi connectivity index (χ4n) is 1.40. The number of hydrogen-bond donors (Lipinski definition) is 0. The molecule has 0 aliphatic rings. The van der Waals surface area contributed by atoms with Crippen LogP contribution >= 0.6 is 15.9 Å². The molecule has 1 aromatic heterocycles. The summed E-state index contributed by atoms with van der Waals surface area (Å²) in [6.07, 6.45) is 2.82. The van der Waals surface area contributed by atoms with Gasteiger partial charge in [-0.25, -0.2) is 14.4 Å². The minimum Gasteiger partial charge on any atom is -0.479 e. The largest absolute Gasteiger partial charge is 0.479 e. The molecule has 0 saturated heterocycles. The first-order valence-electron chi connectivity index (χ1n) is 4.98. The first kappa shape index (κ1) is 12.6. The van der Waals surface area contributed by atoms with E-state index in [0.29, 0.717) is 5.56 Å². The number of rotatable bonds is 3. The highest BCUT2D eigenvalue weighted by atomic mass is 79.9. The van der Waals surface area contributed by atoms with Crippen molar-refractivity contribution in [2.45, 2.75) is 0 Å². The standard InChI is InChI=1S/C12H8BrFN2O2/c1-18-12-10(15-4-5-16-12)11(17)7-2-3-9(14)8(13)6-7/h2-6H,1H3. The highest BCUT2D eigenvalue weighted by Gasteiger charge is 2.17. The van der Waals surface area contributed by atoms with E-state index in [1.165, 1.54) is 37.7 Å². The van der Waals surface area contributed by atoms with Crippen LogP contribution < -0.4 is 4.74 Å². The van der Waals surface area contributed by atoms with E-state index in [1.54, 1.807) is 0 Å². The molecule has 0 spiro atoms. The third-order valence-corrected chi connectivity index (χ3v) is 2.86. The van der Waals surface area contributed by atoms with Crippen LogP contribution in [0.25, 0.3) is 0 Å². The molecule has 2 aromatic rings. The van der Waals surface area contributed by atoms with Crippen LogP contribution in [-0.4, -0.2) is 22.9 Å². The normalized spacial score (nSPS) is 10.2. The zero-order chi connectivity index (χ0) is 13.1. The average Bonchev–Trinajstić information content (AvgIpc) is 2.41. The van der Waals surface area contributed by atoms with Gasteiger partial charge in [0.2, 0.25) is 11.7 Å². The summed E-state index contributed by atoms with van der Waals surface area (Å²) in [4.78, 5) is 20.0. The van der Waals surface area contributed by atoms with E-state index in [4.69, 9.17) is 4.74 Å². The van der Waals surface area contributed by atoms with Gasteiger partial charge >= 0.3 is 0 Å². The van der Waals surface area contributed by atoms with Crippen LogP contribution in [0.15, 0.2) is 35.1 Å². The number of ketones is 1. The van der Waals surface area contributed by atoms with Gasteiger partial charge < -0.3 is 4.74 Å². The maximum absolute atomic E-state index is 13.1. The maximum atomic E-state index is 13.1. The maximum Gasteiger partial charge on any atom is 0.243 e. The van der Waals surface area contributed by atoms with Crippen LogP contribution in [0.2, 0.25) is 0 Å². The quantitative estimate of drug-likeness (QED) is 0.818. The Morgan fingerprint density at radius 2 is 2.06 bits per heavy atom. The van der Waals surface area contributed by atoms with E-state index in [-0.39, 0.29) is 21.8 Å². The van der Waals surface area contributed by atoms with E-state index >= 15 is 0 Å². The molecule has 0 aliphatic carbocycles. The second-order valence-electron chi connectivity index (χ2n) is 3.37. The Balaban J connectivity index is 2.44. The Hall–Kier alpha value is -1.82. The lowest BCUT2D eigenvalue weighted by molar-refractivity contribution is 0.103. The Labute approximate surface area is 111 Å². The number of aromatic nitrogens is 2. The molecule has 1 aromatic carbocycles. The van der Waals surface area contributed by atoms with Gasteiger partial charge in [0.15, 0.2) is 5.69 Å². The number of nitrogens with zero attached hydrogens (tertiary/aromatic N) is 2. The van der Waals surface area contributed by atoms with Crippen molar-refractivity contribution in [3.8, 4) is 5.88 Å². The Morgan fingerprint density at radius 3 is 2.72 bits per heavy atom. The average molecular weight is 311 g/mol. The Bertz CT molecular complexity index is 604. The van der Waals surface area contributed by atoms with Crippen LogP contribution in [0.1, 0.15) is 16.1 Å². The molecule has 0 aliphatic heterocycles. The summed E-state index contributed by atoms with van der Waals surface area (Å²) in [6.45, 7) is 0. The summed E-state index contributed by atoms with van der Waals surface area (Å²) in [5.74, 6) is -0.666. The molecule has 0 saturated carbocycles. The monoisotopic (exact) mass is 310 g/mol. The van der Waals surface area contributed by atoms with Gasteiger partial charge in [-0.2, -0.15) is 0 Å². The molecule has 0 bridgehead atoms. The number of benzene rings is 1. The second kappa shape index (κ2) is 5.22. The number of halogens is 2. The number of methoxy groups -OCH3 is 1. The fraction of sp³-hybridized carbons (Fsp3) is 0.0833. The zero-order valence-corrected chi connectivity index (χ0v) is 10.9. The van der Waals surface area contributed by atoms with Crippen LogP contribution in [0.3, 0.4) is 0 Å². The molecule has 0 N–H and O–H groups in total. The molecule has 4 nitrogen and oxygen atoms in total. The van der Waals surface area contributed by atoms with Crippen molar-refractivity contribution in [2.24, 2.45) is 0 Å². The van der Waals surface area contributed by atoms with Gasteiger partial charge in [0, 0.05) is 18.0 Å². The summed E-state index contributed by atoms with van der Waals surface area (Å²) >= 11 is 3.03. The van der Waals surface area contributed by atoms with Crippen LogP contribution in [0, 0.1) is 5.82 Å². The lowest BCUT2D eigenvalue weighted by atomic mass is 10.1. The number of carbonyl (C=O) groups excluding carboxylic acids is 1. The minimum absolute atomic E-state index is 0.0958. The second-order valence-corrected chi connectivity index (χ2v) is 4.23. The lowest BCUT2D eigenvalue weighted by Gasteiger charge is -2.05. The number of ether oxygens (including phenoxy) is 1. The third kappa shape index (κ3) is 2.38. The summed E-state index contributed by atoms with van der Waals surface area (Å²) in [7, 11) is 1.40. The predicted molar refractivity (Wildman–Crippen MR) is 66.1 cm³/mol. The molecule has 0 radical (unpaired) electrons. The molecule has 18 heavy (non-hydrogen) atoms. The van der Waals surface area contributed by atoms with Crippen LogP contribution in [-0.2, 0) is 0 Å². The molecule has 6 heteroatoms. The topological polar surface area (TPSA) is 52.1 Å². The first-order valence-corrected chi connectivity index (χ1v) is 5.77. The van der Waals surface area contributed by atoms with Crippen LogP contribution in [0.5, 0.6) is 5.88 Å². The summed E-state index contributed by atoms with van der Waals surface area (Å²) in [6, 6.07) is 3.99. The van der Waals surface area contributed by atoms with Crippen molar-refractivity contribution in [1.29, 1.82) is 0 Å². The van der Waals surface area contributed by atoms with Gasteiger partial charge in [-0.15, -0.1) is 0 Å². The minimum atomic E-state index is -0.433. The van der Waals surface area contributed by atoms with E-state index in [1.807, 2.05) is 0 Å². The number of carbonyl (C=O) groups is 1. The van der Waals surface area contributed by atoms with Gasteiger partial charge in [0.05, 0.1) is 11.6 Å². The van der Waals surface area contributed by atoms with Gasteiger partial charge in [0.25, 0.3) is 0 Å². The van der Waals surface area contributed by atoms with Gasteiger partial charge in [-0.3, -0.25) is 4.79 Å². The van der Waals surface area contributed by atoms with Crippen molar-refractivity contribution < 1.29 is 13.9 Å². The molecule has 1 heterocycles. The predicted octanol–water partition coefficient (Wildman–Crippen LogP) is 2.62. The molecule has 0 atom stereocenters. The zero-order valence-electron chi connectivity index (χ0n) is 9.35. The van der Waals surface area contributed by atoms with E-state index in [9.17, 15) is 9.18 Å². The van der Waals surface area contributed by atoms with Gasteiger partial charge in [0.1, 0.15) is 5.82 Å². The Morgan fingerprint density at radius 1 is 1.33 bits per heavy atom. The molecule has 92 valence electrons. The fourth-order valence-corrected chi connectivity index (χ4v) is 1.78. The molecule has 2 rings (SSSR count). The van der Waals surface area contributed by atoms with Crippen molar-refractivity contribution in [3.05, 3.63) is 52.1 Å². The van der Waals surface area contributed by atoms with Crippen LogP contribution in [0.4, 0.5) is 4.39 Å². The van der Waals surface area contributed by atoms with Crippen molar-refractivity contribution in [2.75, 3.05) is 7.11 Å². The van der Waals surface area contributed by atoms with E-state index < -0.39 is 5.82 Å². The lowest BCUT2D eigenvalue weighted by Crippen LogP contribution is -2.08. The van der Waals surface area contributed by atoms with Crippen molar-refractivity contribution in [1.82, 2.24) is 9.97 Å². The summed E-state index contributed by atoms with van der Waals surface area (Å²) < 4.78 is 18.3. The highest BCUT2D eigenvalue weighted by molar-refractivity contribution is 9.10. The third-order valence-electron chi connectivity index (χ3n) is 2.25. The molecule has 0 fully saturated rings. The Kier molecular flexibility index (Phi) is 3.66. The number of hydrogen-bond acceptors (Lipinski definition) is 4. The SMILES string of the molecule is COc1nccnc1C(=O)c1ccc(F)c(Br)c1. The van der Waals surface area contributed by atoms with Gasteiger partial charge in [-0.1, -0.05) is 0 Å². The van der Waals surface area contributed by atoms with E-state index in [2.05, 4.69) is 25.9 Å². The molecule has 0 amide bonds. The van der Waals surface area contributed by atoms with E-state index in [0.717, 1.165) is 0 Å². The first-order chi connectivity index (χ1) is 8.63. The molecular formula is C12H8BrFN2O2. The van der Waals surface area contributed by atoms with Gasteiger partial charge in [-0.05, 0) is 34.1 Å². The van der Waals surface area contributed by atoms with Crippen molar-refractivity contribution in [3.63, 3.8) is 0 Å².